The molecule has 0 fully saturated rings. The zero-order valence-electron chi connectivity index (χ0n) is 2.81. The zero-order valence-corrected chi connectivity index (χ0v) is 3.81. The highest BCUT2D eigenvalue weighted by Gasteiger charge is 1.68. The predicted molar refractivity (Wildman–Crippen MR) is 28.7 cm³/mol. The van der Waals surface area contributed by atoms with Crippen molar-refractivity contribution in [3.8, 4) is 0 Å². The summed E-state index contributed by atoms with van der Waals surface area (Å²) in [5, 5.41) is 4.31. The number of rotatable bonds is 0. The summed E-state index contributed by atoms with van der Waals surface area (Å²) in [5.74, 6) is 0. The van der Waals surface area contributed by atoms with Crippen molar-refractivity contribution in [1.82, 2.24) is 0 Å². The summed E-state index contributed by atoms with van der Waals surface area (Å²) in [5.41, 5.74) is 0. The van der Waals surface area contributed by atoms with Crippen LogP contribution in [0.4, 0.5) is 0 Å². The van der Waals surface area contributed by atoms with E-state index in [0.717, 1.165) is 11.8 Å². The highest BCUT2D eigenvalue weighted by atomic mass is 32.2. The molecule has 1 heterocycles. The molecule has 0 aromatic rings. The van der Waals surface area contributed by atoms with Crippen molar-refractivity contribution < 1.29 is 0 Å². The van der Waals surface area contributed by atoms with Crippen molar-refractivity contribution in [2.24, 2.45) is 0 Å². The van der Waals surface area contributed by atoms with Crippen LogP contribution in [0.1, 0.15) is 0 Å². The molecule has 0 saturated heterocycles. The lowest BCUT2D eigenvalue weighted by molar-refractivity contribution is 2.15. The van der Waals surface area contributed by atoms with Crippen LogP contribution >= 0.6 is 11.8 Å². The monoisotopic (exact) mass is 86.0 g/mol. The van der Waals surface area contributed by atoms with Crippen LogP contribution in [0.3, 0.4) is 0 Å². The van der Waals surface area contributed by atoms with Crippen LogP contribution in [-0.2, 0) is 0 Å². The maximum Gasteiger partial charge on any atom is -0.0484 e. The molecule has 0 nitrogen and oxygen atoms in total. The fourth-order valence-electron chi connectivity index (χ4n) is 0.278. The summed E-state index contributed by atoms with van der Waals surface area (Å²) in [6, 6.07) is 0. The fourth-order valence-corrected chi connectivity index (χ4v) is 0.833. The van der Waals surface area contributed by atoms with E-state index in [1.807, 2.05) is 0 Å². The minimum atomic E-state index is 0.948. The molecule has 0 spiro atoms. The molecule has 0 bridgehead atoms. The van der Waals surface area contributed by atoms with Crippen LogP contribution < -0.4 is 0 Å². The van der Waals surface area contributed by atoms with Crippen molar-refractivity contribution in [3.05, 3.63) is 23.0 Å². The summed E-state index contributed by atoms with van der Waals surface area (Å²) < 4.78 is 0. The Hall–Kier alpha value is -0.170. The Morgan fingerprint density at radius 1 is 1.00 bits per heavy atom. The Bertz CT molecular complexity index is 61.7. The van der Waals surface area contributed by atoms with Gasteiger partial charge in [-0.25, -0.2) is 11.8 Å². The molecule has 0 aromatic carbocycles. The summed E-state index contributed by atoms with van der Waals surface area (Å²) in [4.78, 5) is 0. The van der Waals surface area contributed by atoms with Crippen LogP contribution in [0.5, 0.6) is 0 Å². The molecule has 0 unspecified atom stereocenters. The van der Waals surface area contributed by atoms with E-state index in [4.69, 9.17) is 0 Å². The summed E-state index contributed by atoms with van der Waals surface area (Å²) >= 11 is 0.948. The van der Waals surface area contributed by atoms with Crippen molar-refractivity contribution in [2.45, 2.75) is 0 Å². The summed E-state index contributed by atoms with van der Waals surface area (Å²) in [6.45, 7) is 0. The molecule has 1 heteroatoms. The van der Waals surface area contributed by atoms with Gasteiger partial charge in [0.2, 0.25) is 0 Å². The molecule has 1 aliphatic rings. The van der Waals surface area contributed by atoms with Gasteiger partial charge in [-0.1, -0.05) is 12.2 Å². The molecule has 0 radical (unpaired) electrons. The SMILES string of the molecule is C1=C[SH2]C=C1. The van der Waals surface area contributed by atoms with Crippen LogP contribution in [0, 0.1) is 0 Å². The molecule has 0 N–H and O–H groups in total. The molecule has 5 heavy (non-hydrogen) atoms. The van der Waals surface area contributed by atoms with Crippen molar-refractivity contribution >= 4 is 11.8 Å². The van der Waals surface area contributed by atoms with Crippen molar-refractivity contribution in [3.63, 3.8) is 0 Å². The quantitative estimate of drug-likeness (QED) is 0.416. The Balaban J connectivity index is 2.61. The minimum Gasteiger partial charge on any atom is -0.226 e. The van der Waals surface area contributed by atoms with E-state index in [2.05, 4.69) is 23.0 Å². The second-order valence-electron chi connectivity index (χ2n) is 0.885. The topological polar surface area (TPSA) is 0 Å². The second-order valence-corrected chi connectivity index (χ2v) is 1.88. The number of allylic oxidation sites excluding steroid dienone is 2. The average molecular weight is 86.2 g/mol. The van der Waals surface area contributed by atoms with Gasteiger partial charge in [0.1, 0.15) is 0 Å². The van der Waals surface area contributed by atoms with Crippen LogP contribution in [0.25, 0.3) is 0 Å². The van der Waals surface area contributed by atoms with Crippen LogP contribution in [0.15, 0.2) is 23.0 Å². The maximum atomic E-state index is 2.15. The molecular weight excluding hydrogens is 80.1 g/mol. The molecule has 28 valence electrons. The molecule has 0 amide bonds. The second kappa shape index (κ2) is 1.31. The minimum absolute atomic E-state index is 0.948. The van der Waals surface area contributed by atoms with Gasteiger partial charge in [0.25, 0.3) is 0 Å². The first-order valence-electron chi connectivity index (χ1n) is 1.58. The Kier molecular flexibility index (Phi) is 0.799. The van der Waals surface area contributed by atoms with Gasteiger partial charge in [-0.15, -0.1) is 0 Å². The largest absolute Gasteiger partial charge is 0.226 e. The lowest BCUT2D eigenvalue weighted by Gasteiger charge is -1.65. The molecule has 0 aliphatic carbocycles. The van der Waals surface area contributed by atoms with Crippen molar-refractivity contribution in [1.29, 1.82) is 0 Å². The molecule has 0 aromatic heterocycles. The van der Waals surface area contributed by atoms with E-state index in [9.17, 15) is 0 Å². The van der Waals surface area contributed by atoms with Crippen LogP contribution in [0.2, 0.25) is 0 Å². The number of hydrogen-bond donors (Lipinski definition) is 0. The first-order valence-corrected chi connectivity index (χ1v) is 2.73. The van der Waals surface area contributed by atoms with E-state index >= 15 is 0 Å². The Labute approximate surface area is 35.6 Å². The average Bonchev–Trinajstić information content (AvgIpc) is 1.76. The molecule has 0 atom stereocenters. The van der Waals surface area contributed by atoms with E-state index < -0.39 is 0 Å². The number of hydrogen-bond acceptors (Lipinski definition) is 0. The maximum absolute atomic E-state index is 2.15. The highest BCUT2D eigenvalue weighted by molar-refractivity contribution is 8.05. The van der Waals surface area contributed by atoms with Gasteiger partial charge in [-0.05, 0) is 10.8 Å². The third-order valence-electron chi connectivity index (χ3n) is 0.496. The van der Waals surface area contributed by atoms with Gasteiger partial charge < -0.3 is 0 Å². The lowest BCUT2D eigenvalue weighted by atomic mass is 10.6. The Morgan fingerprint density at radius 2 is 1.60 bits per heavy atom. The third kappa shape index (κ3) is 0.550. The summed E-state index contributed by atoms with van der Waals surface area (Å²) in [7, 11) is 0. The van der Waals surface area contributed by atoms with Gasteiger partial charge in [-0.3, -0.25) is 0 Å². The normalized spacial score (nSPS) is 19.2. The van der Waals surface area contributed by atoms with E-state index in [1.54, 1.807) is 0 Å². The summed E-state index contributed by atoms with van der Waals surface area (Å²) in [6.07, 6.45) is 4.14. The molecular formula is C4H6S. The van der Waals surface area contributed by atoms with Gasteiger partial charge >= 0.3 is 0 Å². The smallest absolute Gasteiger partial charge is 0.0484 e. The highest BCUT2D eigenvalue weighted by Crippen LogP contribution is 2.09. The zero-order chi connectivity index (χ0) is 3.54. The van der Waals surface area contributed by atoms with E-state index in [0.29, 0.717) is 0 Å². The Morgan fingerprint density at radius 3 is 1.80 bits per heavy atom. The fraction of sp³-hybridized carbons (Fsp3) is 0. The first-order chi connectivity index (χ1) is 2.50. The van der Waals surface area contributed by atoms with E-state index in [-0.39, 0.29) is 0 Å². The molecule has 1 rings (SSSR count). The van der Waals surface area contributed by atoms with Gasteiger partial charge in [0.15, 0.2) is 0 Å². The van der Waals surface area contributed by atoms with Crippen molar-refractivity contribution in [2.75, 3.05) is 0 Å². The predicted octanol–water partition coefficient (Wildman–Crippen LogP) is 1.23. The third-order valence-corrected chi connectivity index (χ3v) is 1.27. The molecule has 0 saturated carbocycles. The first kappa shape index (κ1) is 3.04. The van der Waals surface area contributed by atoms with Crippen LogP contribution in [-0.4, -0.2) is 0 Å². The van der Waals surface area contributed by atoms with Gasteiger partial charge in [0, 0.05) is 0 Å². The lowest BCUT2D eigenvalue weighted by Crippen LogP contribution is -1.21. The van der Waals surface area contributed by atoms with Gasteiger partial charge in [0.05, 0.1) is 0 Å². The molecule has 1 aliphatic heterocycles. The standard InChI is InChI=1S/C4H6S/c1-2-4-5-3-1/h1-4H,5H2. The van der Waals surface area contributed by atoms with E-state index in [1.165, 1.54) is 0 Å². The van der Waals surface area contributed by atoms with Gasteiger partial charge in [-0.2, -0.15) is 0 Å².